The first-order valence-corrected chi connectivity index (χ1v) is 9.93. The summed E-state index contributed by atoms with van der Waals surface area (Å²) in [4.78, 5) is 15.5. The lowest BCUT2D eigenvalue weighted by Crippen LogP contribution is -2.47. The number of carbonyl (C=O) groups excluding carboxylic acids is 1. The first-order chi connectivity index (χ1) is 14.8. The third kappa shape index (κ3) is 4.39. The summed E-state index contributed by atoms with van der Waals surface area (Å²) >= 11 is 6.47. The summed E-state index contributed by atoms with van der Waals surface area (Å²) in [6, 6.07) is 7.07. The van der Waals surface area contributed by atoms with E-state index in [2.05, 4.69) is 6.58 Å². The van der Waals surface area contributed by atoms with Gasteiger partial charge in [0.2, 0.25) is 11.8 Å². The molecule has 0 saturated carbocycles. The molecule has 1 aliphatic rings. The van der Waals surface area contributed by atoms with E-state index in [1.807, 2.05) is 4.90 Å². The van der Waals surface area contributed by atoms with Gasteiger partial charge in [-0.1, -0.05) is 24.2 Å². The fraction of sp³-hybridized carbons (Fsp3) is 0.227. The second-order valence-corrected chi connectivity index (χ2v) is 7.39. The average Bonchev–Trinajstić information content (AvgIpc) is 2.76. The number of hydrogen-bond donors (Lipinski definition) is 3. The van der Waals surface area contributed by atoms with E-state index in [1.165, 1.54) is 37.5 Å². The Morgan fingerprint density at radius 3 is 2.48 bits per heavy atom. The summed E-state index contributed by atoms with van der Waals surface area (Å²) in [5.74, 6) is -0.872. The Morgan fingerprint density at radius 2 is 1.90 bits per heavy atom. The van der Waals surface area contributed by atoms with Gasteiger partial charge in [-0.25, -0.2) is 4.39 Å². The first kappa shape index (κ1) is 22.3. The van der Waals surface area contributed by atoms with Gasteiger partial charge in [-0.2, -0.15) is 0 Å². The molecule has 0 atom stereocenters. The van der Waals surface area contributed by atoms with Gasteiger partial charge in [-0.3, -0.25) is 4.79 Å². The van der Waals surface area contributed by atoms with Gasteiger partial charge in [0.25, 0.3) is 0 Å². The summed E-state index contributed by atoms with van der Waals surface area (Å²) in [5.41, 5.74) is 14.0. The standard InChI is InChI=1S/C22H24ClFN4O3/c1-3-19(30)27-7-9-28(10-8-27)21(22(26)31-2)14-11-15(23)13(12-17(14)25)20-16(24)5-4-6-18(20)29/h3-6,11-12,29H,1,7-10,25-26H2,2H3/b22-21-. The highest BCUT2D eigenvalue weighted by atomic mass is 35.5. The molecule has 3 rings (SSSR count). The molecule has 5 N–H and O–H groups in total. The number of anilines is 1. The number of ether oxygens (including phenoxy) is 1. The van der Waals surface area contributed by atoms with Crippen molar-refractivity contribution in [1.82, 2.24) is 9.80 Å². The van der Waals surface area contributed by atoms with E-state index in [1.54, 1.807) is 11.0 Å². The van der Waals surface area contributed by atoms with E-state index in [9.17, 15) is 14.3 Å². The maximum absolute atomic E-state index is 14.4. The molecule has 1 heterocycles. The molecule has 1 aliphatic heterocycles. The summed E-state index contributed by atoms with van der Waals surface area (Å²) in [7, 11) is 1.44. The second-order valence-electron chi connectivity index (χ2n) is 6.99. The molecule has 0 aliphatic carbocycles. The zero-order valence-electron chi connectivity index (χ0n) is 17.1. The van der Waals surface area contributed by atoms with Crippen LogP contribution < -0.4 is 11.5 Å². The molecule has 0 bridgehead atoms. The Morgan fingerprint density at radius 1 is 1.26 bits per heavy atom. The minimum atomic E-state index is -0.621. The van der Waals surface area contributed by atoms with Crippen molar-refractivity contribution in [2.24, 2.45) is 5.73 Å². The third-order valence-corrected chi connectivity index (χ3v) is 5.50. The minimum Gasteiger partial charge on any atom is -0.507 e. The number of aromatic hydroxyl groups is 1. The molecule has 0 unspecified atom stereocenters. The van der Waals surface area contributed by atoms with Crippen molar-refractivity contribution in [3.63, 3.8) is 0 Å². The number of halogens is 2. The van der Waals surface area contributed by atoms with Crippen LogP contribution in [0.5, 0.6) is 5.75 Å². The van der Waals surface area contributed by atoms with Crippen LogP contribution in [0.3, 0.4) is 0 Å². The van der Waals surface area contributed by atoms with Gasteiger partial charge in [0.15, 0.2) is 0 Å². The highest BCUT2D eigenvalue weighted by molar-refractivity contribution is 6.33. The lowest BCUT2D eigenvalue weighted by molar-refractivity contribution is -0.127. The number of amides is 1. The molecule has 31 heavy (non-hydrogen) atoms. The predicted octanol–water partition coefficient (Wildman–Crippen LogP) is 3.00. The van der Waals surface area contributed by atoms with Crippen molar-refractivity contribution in [3.8, 4) is 16.9 Å². The van der Waals surface area contributed by atoms with Crippen LogP contribution in [0.4, 0.5) is 10.1 Å². The van der Waals surface area contributed by atoms with Crippen molar-refractivity contribution < 1.29 is 19.0 Å². The van der Waals surface area contributed by atoms with Crippen LogP contribution in [0.25, 0.3) is 16.8 Å². The Bertz CT molecular complexity index is 1030. The zero-order chi connectivity index (χ0) is 22.7. The Balaban J connectivity index is 2.02. The lowest BCUT2D eigenvalue weighted by Gasteiger charge is -2.37. The number of hydrogen-bond acceptors (Lipinski definition) is 6. The summed E-state index contributed by atoms with van der Waals surface area (Å²) in [6.07, 6.45) is 1.28. The van der Waals surface area contributed by atoms with E-state index in [-0.39, 0.29) is 39.4 Å². The maximum Gasteiger partial charge on any atom is 0.246 e. The second kappa shape index (κ2) is 9.18. The minimum absolute atomic E-state index is 0.0347. The van der Waals surface area contributed by atoms with E-state index in [4.69, 9.17) is 27.8 Å². The van der Waals surface area contributed by atoms with Gasteiger partial charge in [-0.05, 0) is 30.3 Å². The molecule has 2 aromatic rings. The summed E-state index contributed by atoms with van der Waals surface area (Å²) in [6.45, 7) is 5.44. The van der Waals surface area contributed by atoms with Gasteiger partial charge in [-0.15, -0.1) is 0 Å². The van der Waals surface area contributed by atoms with Gasteiger partial charge < -0.3 is 31.1 Å². The predicted molar refractivity (Wildman–Crippen MR) is 119 cm³/mol. The smallest absolute Gasteiger partial charge is 0.246 e. The Kier molecular flexibility index (Phi) is 6.60. The molecule has 2 aromatic carbocycles. The van der Waals surface area contributed by atoms with E-state index in [0.29, 0.717) is 37.4 Å². The molecular weight excluding hydrogens is 423 g/mol. The largest absolute Gasteiger partial charge is 0.507 e. The van der Waals surface area contributed by atoms with Crippen LogP contribution in [0.2, 0.25) is 5.02 Å². The molecule has 0 aromatic heterocycles. The highest BCUT2D eigenvalue weighted by Gasteiger charge is 2.26. The zero-order valence-corrected chi connectivity index (χ0v) is 17.8. The van der Waals surface area contributed by atoms with Crippen LogP contribution >= 0.6 is 11.6 Å². The number of phenols is 1. The van der Waals surface area contributed by atoms with Crippen LogP contribution in [0.1, 0.15) is 5.56 Å². The van der Waals surface area contributed by atoms with E-state index < -0.39 is 5.82 Å². The maximum atomic E-state index is 14.4. The molecule has 9 heteroatoms. The van der Waals surface area contributed by atoms with Crippen LogP contribution in [0, 0.1) is 5.82 Å². The number of piperazine rings is 1. The van der Waals surface area contributed by atoms with Gasteiger partial charge in [0.05, 0.1) is 12.7 Å². The van der Waals surface area contributed by atoms with Gasteiger partial charge >= 0.3 is 0 Å². The number of methoxy groups -OCH3 is 1. The quantitative estimate of drug-likeness (QED) is 0.370. The number of nitrogen functional groups attached to an aromatic ring is 1. The van der Waals surface area contributed by atoms with E-state index in [0.717, 1.165) is 0 Å². The molecule has 1 amide bonds. The number of benzene rings is 2. The van der Waals surface area contributed by atoms with Gasteiger partial charge in [0.1, 0.15) is 17.3 Å². The third-order valence-electron chi connectivity index (χ3n) is 5.19. The molecule has 7 nitrogen and oxygen atoms in total. The number of nitrogens with zero attached hydrogens (tertiary/aromatic N) is 2. The monoisotopic (exact) mass is 446 g/mol. The first-order valence-electron chi connectivity index (χ1n) is 9.55. The Hall–Kier alpha value is -3.39. The highest BCUT2D eigenvalue weighted by Crippen LogP contribution is 2.40. The average molecular weight is 447 g/mol. The Labute approximate surface area is 184 Å². The lowest BCUT2D eigenvalue weighted by atomic mass is 9.99. The van der Waals surface area contributed by atoms with Crippen LogP contribution in [0.15, 0.2) is 48.9 Å². The van der Waals surface area contributed by atoms with Crippen LogP contribution in [-0.4, -0.2) is 54.1 Å². The van der Waals surface area contributed by atoms with Gasteiger partial charge in [0, 0.05) is 48.0 Å². The number of carbonyl (C=O) groups is 1. The summed E-state index contributed by atoms with van der Waals surface area (Å²) < 4.78 is 19.6. The van der Waals surface area contributed by atoms with Crippen LogP contribution in [-0.2, 0) is 9.53 Å². The normalized spacial score (nSPS) is 14.8. The molecular formula is C22H24ClFN4O3. The van der Waals surface area contributed by atoms with Crippen molar-refractivity contribution in [1.29, 1.82) is 0 Å². The molecule has 0 spiro atoms. The van der Waals surface area contributed by atoms with E-state index >= 15 is 0 Å². The van der Waals surface area contributed by atoms with Crippen molar-refractivity contribution in [2.75, 3.05) is 39.0 Å². The topological polar surface area (TPSA) is 105 Å². The fourth-order valence-electron chi connectivity index (χ4n) is 3.60. The molecule has 1 fully saturated rings. The number of rotatable bonds is 5. The SMILES string of the molecule is C=CC(=O)N1CCN(/C(=C(/N)OC)c2cc(Cl)c(-c3c(O)cccc3F)cc2N)CC1. The molecule has 1 saturated heterocycles. The summed E-state index contributed by atoms with van der Waals surface area (Å²) in [5, 5.41) is 10.3. The van der Waals surface area contributed by atoms with Crippen molar-refractivity contribution >= 4 is 28.9 Å². The number of nitrogens with two attached hydrogens (primary N) is 2. The number of phenolic OH excluding ortho intramolecular Hbond substituents is 1. The van der Waals surface area contributed by atoms with Crippen molar-refractivity contribution in [2.45, 2.75) is 0 Å². The van der Waals surface area contributed by atoms with Crippen molar-refractivity contribution in [3.05, 3.63) is 65.3 Å². The molecule has 164 valence electrons. The fourth-order valence-corrected chi connectivity index (χ4v) is 3.86. The molecule has 0 radical (unpaired) electrons.